The van der Waals surface area contributed by atoms with Gasteiger partial charge in [0.25, 0.3) is 0 Å². The van der Waals surface area contributed by atoms with Gasteiger partial charge < -0.3 is 10.2 Å². The number of allylic oxidation sites excluding steroid dienone is 2. The minimum atomic E-state index is -0.154. The number of ketones is 1. The van der Waals surface area contributed by atoms with E-state index in [1.54, 1.807) is 12.1 Å². The number of fused-ring (bicyclic) bond motifs is 1. The monoisotopic (exact) mass is 462 g/mol. The number of likely N-dealkylation sites (tertiary alicyclic amines) is 1. The van der Waals surface area contributed by atoms with Gasteiger partial charge in [0.1, 0.15) is 11.6 Å². The van der Waals surface area contributed by atoms with Crippen molar-refractivity contribution >= 4 is 5.78 Å². The second kappa shape index (κ2) is 11.0. The van der Waals surface area contributed by atoms with Crippen LogP contribution in [0.25, 0.3) is 0 Å². The summed E-state index contributed by atoms with van der Waals surface area (Å²) in [5.41, 5.74) is 2.42. The molecule has 0 spiro atoms. The second-order valence-electron chi connectivity index (χ2n) is 11.1. The van der Waals surface area contributed by atoms with E-state index in [0.29, 0.717) is 41.9 Å². The molecule has 1 aromatic rings. The molecule has 1 N–H and O–H groups in total. The molecule has 0 amide bonds. The minimum Gasteiger partial charge on any atom is -0.384 e. The Morgan fingerprint density at radius 3 is 2.71 bits per heavy atom. The number of benzene rings is 1. The van der Waals surface area contributed by atoms with Crippen LogP contribution in [0.4, 0.5) is 4.39 Å². The fourth-order valence-corrected chi connectivity index (χ4v) is 6.65. The number of rotatable bonds is 8. The standard InChI is InChI=1S/C30H39FN2O/c31-28-11-8-22(9-12-28)16-24-4-3-15-33(20-24)21-27-6-2-1-5-26(27)19-29(34)17-23-7-10-25-13-14-32-30(25)18-23/h7-14,18,24-27,30,32H,1-6,15-17,19-21H2/t24-,25?,26-,27-,30?/m0/s1. The van der Waals surface area contributed by atoms with Gasteiger partial charge in [-0.15, -0.1) is 0 Å². The van der Waals surface area contributed by atoms with E-state index in [1.165, 1.54) is 56.2 Å². The normalized spacial score (nSPS) is 31.1. The summed E-state index contributed by atoms with van der Waals surface area (Å²) >= 11 is 0. The number of hydrogen-bond donors (Lipinski definition) is 1. The molecule has 4 aliphatic rings. The van der Waals surface area contributed by atoms with Crippen molar-refractivity contribution in [1.29, 1.82) is 0 Å². The van der Waals surface area contributed by atoms with Gasteiger partial charge in [-0.05, 0) is 85.9 Å². The van der Waals surface area contributed by atoms with Gasteiger partial charge in [0.2, 0.25) is 0 Å². The molecule has 182 valence electrons. The zero-order chi connectivity index (χ0) is 23.3. The van der Waals surface area contributed by atoms with E-state index in [-0.39, 0.29) is 5.82 Å². The smallest absolute Gasteiger partial charge is 0.137 e. The third-order valence-corrected chi connectivity index (χ3v) is 8.44. The maximum Gasteiger partial charge on any atom is 0.137 e. The van der Waals surface area contributed by atoms with Gasteiger partial charge in [-0.2, -0.15) is 0 Å². The summed E-state index contributed by atoms with van der Waals surface area (Å²) in [5, 5.41) is 3.38. The zero-order valence-electron chi connectivity index (χ0n) is 20.3. The highest BCUT2D eigenvalue weighted by Crippen LogP contribution is 2.35. The van der Waals surface area contributed by atoms with Crippen molar-refractivity contribution in [2.45, 2.75) is 63.8 Å². The highest BCUT2D eigenvalue weighted by Gasteiger charge is 2.31. The van der Waals surface area contributed by atoms with Gasteiger partial charge in [0.05, 0.1) is 6.04 Å². The van der Waals surface area contributed by atoms with Crippen LogP contribution in [0.2, 0.25) is 0 Å². The molecule has 0 radical (unpaired) electrons. The molecule has 2 fully saturated rings. The molecule has 0 bridgehead atoms. The van der Waals surface area contributed by atoms with E-state index in [1.807, 2.05) is 18.3 Å². The number of nitrogens with one attached hydrogen (secondary N) is 1. The molecule has 5 atom stereocenters. The molecule has 1 aromatic carbocycles. The van der Waals surface area contributed by atoms with Crippen LogP contribution in [0.5, 0.6) is 0 Å². The highest BCUT2D eigenvalue weighted by atomic mass is 19.1. The Kier molecular flexibility index (Phi) is 7.63. The molecule has 1 saturated carbocycles. The molecule has 4 heteroatoms. The Labute approximate surface area is 204 Å². The minimum absolute atomic E-state index is 0.154. The summed E-state index contributed by atoms with van der Waals surface area (Å²) in [6.07, 6.45) is 20.7. The predicted molar refractivity (Wildman–Crippen MR) is 136 cm³/mol. The Bertz CT molecular complexity index is 934. The van der Waals surface area contributed by atoms with Crippen LogP contribution in [-0.4, -0.2) is 36.4 Å². The lowest BCUT2D eigenvalue weighted by Gasteiger charge is -2.39. The molecule has 2 aliphatic heterocycles. The number of carbonyl (C=O) groups excluding carboxylic acids is 1. The van der Waals surface area contributed by atoms with Crippen LogP contribution >= 0.6 is 0 Å². The van der Waals surface area contributed by atoms with Crippen molar-refractivity contribution in [3.05, 3.63) is 71.7 Å². The van der Waals surface area contributed by atoms with Gasteiger partial charge >= 0.3 is 0 Å². The number of carbonyl (C=O) groups is 1. The molecule has 0 aromatic heterocycles. The fourth-order valence-electron chi connectivity index (χ4n) is 6.65. The van der Waals surface area contributed by atoms with Crippen molar-refractivity contribution < 1.29 is 9.18 Å². The van der Waals surface area contributed by atoms with Gasteiger partial charge in [-0.3, -0.25) is 4.79 Å². The average molecular weight is 463 g/mol. The van der Waals surface area contributed by atoms with Crippen molar-refractivity contribution in [2.75, 3.05) is 19.6 Å². The lowest BCUT2D eigenvalue weighted by molar-refractivity contribution is -0.120. The first-order valence-electron chi connectivity index (χ1n) is 13.4. The Hall–Kier alpha value is -2.20. The molecule has 34 heavy (non-hydrogen) atoms. The first kappa shape index (κ1) is 23.5. The van der Waals surface area contributed by atoms with Gasteiger partial charge in [0.15, 0.2) is 0 Å². The number of piperidine rings is 1. The van der Waals surface area contributed by atoms with E-state index in [0.717, 1.165) is 25.9 Å². The Morgan fingerprint density at radius 2 is 1.85 bits per heavy atom. The van der Waals surface area contributed by atoms with Crippen molar-refractivity contribution in [1.82, 2.24) is 10.2 Å². The van der Waals surface area contributed by atoms with E-state index in [2.05, 4.69) is 34.5 Å². The molecule has 2 unspecified atom stereocenters. The molecule has 2 heterocycles. The topological polar surface area (TPSA) is 32.3 Å². The van der Waals surface area contributed by atoms with Crippen molar-refractivity contribution in [3.63, 3.8) is 0 Å². The maximum atomic E-state index is 13.3. The lowest BCUT2D eigenvalue weighted by atomic mass is 9.75. The molecular weight excluding hydrogens is 423 g/mol. The van der Waals surface area contributed by atoms with Crippen LogP contribution in [0, 0.1) is 29.5 Å². The summed E-state index contributed by atoms with van der Waals surface area (Å²) in [6, 6.07) is 7.37. The molecule has 2 aliphatic carbocycles. The van der Waals surface area contributed by atoms with Crippen molar-refractivity contribution in [2.24, 2.45) is 23.7 Å². The summed E-state index contributed by atoms with van der Waals surface area (Å²) in [5.74, 6) is 2.52. The number of hydrogen-bond acceptors (Lipinski definition) is 3. The zero-order valence-corrected chi connectivity index (χ0v) is 20.3. The van der Waals surface area contributed by atoms with Crippen LogP contribution in [0.1, 0.15) is 56.9 Å². The van der Waals surface area contributed by atoms with Crippen LogP contribution < -0.4 is 5.32 Å². The Morgan fingerprint density at radius 1 is 1.03 bits per heavy atom. The number of Topliss-reactive ketones (excluding diaryl/α,β-unsaturated/α-hetero) is 1. The van der Waals surface area contributed by atoms with Gasteiger partial charge in [0, 0.05) is 31.8 Å². The SMILES string of the molecule is O=C(CC1=CC2NC=CC2C=C1)C[C@@H]1CCCC[C@H]1CN1CCC[C@@H](Cc2ccc(F)cc2)C1. The lowest BCUT2D eigenvalue weighted by Crippen LogP contribution is -2.41. The first-order valence-corrected chi connectivity index (χ1v) is 13.4. The van der Waals surface area contributed by atoms with E-state index >= 15 is 0 Å². The third kappa shape index (κ3) is 6.07. The molecule has 3 nitrogen and oxygen atoms in total. The van der Waals surface area contributed by atoms with E-state index in [9.17, 15) is 9.18 Å². The first-order chi connectivity index (χ1) is 16.6. The van der Waals surface area contributed by atoms with Gasteiger partial charge in [-0.1, -0.05) is 49.3 Å². The third-order valence-electron chi connectivity index (χ3n) is 8.44. The van der Waals surface area contributed by atoms with Gasteiger partial charge in [-0.25, -0.2) is 4.39 Å². The van der Waals surface area contributed by atoms with E-state index in [4.69, 9.17) is 0 Å². The summed E-state index contributed by atoms with van der Waals surface area (Å²) in [4.78, 5) is 15.7. The van der Waals surface area contributed by atoms with Crippen LogP contribution in [0.15, 0.2) is 60.3 Å². The Balaban J connectivity index is 1.12. The molecule has 1 saturated heterocycles. The number of nitrogens with zero attached hydrogens (tertiary/aromatic N) is 1. The number of halogens is 1. The summed E-state index contributed by atoms with van der Waals surface area (Å²) in [7, 11) is 0. The summed E-state index contributed by atoms with van der Waals surface area (Å²) < 4.78 is 13.3. The fraction of sp³-hybridized carbons (Fsp3) is 0.567. The highest BCUT2D eigenvalue weighted by molar-refractivity contribution is 5.81. The average Bonchev–Trinajstić information content (AvgIpc) is 3.30. The summed E-state index contributed by atoms with van der Waals surface area (Å²) in [6.45, 7) is 3.45. The van der Waals surface area contributed by atoms with Crippen LogP contribution in [-0.2, 0) is 11.2 Å². The largest absolute Gasteiger partial charge is 0.384 e. The van der Waals surface area contributed by atoms with Crippen molar-refractivity contribution in [3.8, 4) is 0 Å². The molecule has 5 rings (SSSR count). The maximum absolute atomic E-state index is 13.3. The predicted octanol–water partition coefficient (Wildman–Crippen LogP) is 5.83. The second-order valence-corrected chi connectivity index (χ2v) is 11.1. The molecular formula is C30H39FN2O. The quantitative estimate of drug-likeness (QED) is 0.527. The van der Waals surface area contributed by atoms with Crippen LogP contribution in [0.3, 0.4) is 0 Å². The van der Waals surface area contributed by atoms with E-state index < -0.39 is 0 Å².